The molecule has 0 aliphatic heterocycles. The Bertz CT molecular complexity index is 603. The molecule has 2 rings (SSSR count). The Balaban J connectivity index is 2.69. The molecule has 0 saturated carbocycles. The number of fused-ring (bicyclic) bond motifs is 1. The maximum absolute atomic E-state index is 13.5. The minimum Gasteiger partial charge on any atom is -0.360 e. The van der Waals surface area contributed by atoms with Gasteiger partial charge in [0.05, 0.1) is 11.1 Å². The average Bonchev–Trinajstić information content (AvgIpc) is 2.58. The second-order valence-corrected chi connectivity index (χ2v) is 5.62. The Morgan fingerprint density at radius 2 is 1.88 bits per heavy atom. The summed E-state index contributed by atoms with van der Waals surface area (Å²) in [5.41, 5.74) is -0.00222. The van der Waals surface area contributed by atoms with Crippen molar-refractivity contribution in [2.75, 3.05) is 0 Å². The number of hydrogen-bond acceptors (Lipinski definition) is 1. The first-order valence-electron chi connectivity index (χ1n) is 4.38. The Morgan fingerprint density at radius 3 is 2.47 bits per heavy atom. The highest BCUT2D eigenvalue weighted by atomic mass is 35.6. The van der Waals surface area contributed by atoms with Gasteiger partial charge in [0.2, 0.25) is 5.78 Å². The Kier molecular flexibility index (Phi) is 3.06. The molecule has 90 valence electrons. The van der Waals surface area contributed by atoms with E-state index in [1.165, 1.54) is 6.20 Å². The van der Waals surface area contributed by atoms with Crippen molar-refractivity contribution in [1.29, 1.82) is 0 Å². The molecule has 0 aliphatic carbocycles. The number of halogens is 5. The number of aromatic amines is 1. The summed E-state index contributed by atoms with van der Waals surface area (Å²) in [6, 6.07) is 1.71. The fraction of sp³-hybridized carbons (Fsp3) is 0.100. The van der Waals surface area contributed by atoms with Crippen LogP contribution in [0.25, 0.3) is 10.9 Å². The van der Waals surface area contributed by atoms with Gasteiger partial charge in [-0.3, -0.25) is 4.79 Å². The van der Waals surface area contributed by atoms with Gasteiger partial charge < -0.3 is 4.98 Å². The summed E-state index contributed by atoms with van der Waals surface area (Å²) in [6.07, 6.45) is 1.18. The molecule has 1 aromatic heterocycles. The summed E-state index contributed by atoms with van der Waals surface area (Å²) in [5, 5.41) is -0.0947. The van der Waals surface area contributed by atoms with Crippen LogP contribution in [0.15, 0.2) is 18.3 Å². The monoisotopic (exact) mass is 297 g/mol. The number of carbonyl (C=O) groups is 1. The van der Waals surface area contributed by atoms with E-state index in [0.717, 1.165) is 6.07 Å². The fourth-order valence-electron chi connectivity index (χ4n) is 1.52. The number of rotatable bonds is 1. The quantitative estimate of drug-likeness (QED) is 0.626. The number of H-pyrrole nitrogens is 1. The number of nitrogens with one attached hydrogen (secondary N) is 1. The van der Waals surface area contributed by atoms with E-state index < -0.39 is 21.2 Å². The van der Waals surface area contributed by atoms with E-state index >= 15 is 0 Å². The highest BCUT2D eigenvalue weighted by Gasteiger charge is 2.34. The van der Waals surface area contributed by atoms with Gasteiger partial charge in [-0.05, 0) is 6.07 Å². The first-order chi connectivity index (χ1) is 7.80. The lowest BCUT2D eigenvalue weighted by atomic mass is 10.1. The second-order valence-electron chi connectivity index (χ2n) is 3.34. The van der Waals surface area contributed by atoms with Crippen LogP contribution >= 0.6 is 34.8 Å². The number of aromatic nitrogens is 1. The van der Waals surface area contributed by atoms with E-state index in [1.54, 1.807) is 0 Å². The lowest BCUT2D eigenvalue weighted by Crippen LogP contribution is -2.18. The summed E-state index contributed by atoms with van der Waals surface area (Å²) >= 11 is 16.3. The van der Waals surface area contributed by atoms with Crippen LogP contribution in [0.1, 0.15) is 10.4 Å². The van der Waals surface area contributed by atoms with Gasteiger partial charge in [-0.25, -0.2) is 8.78 Å². The predicted octanol–water partition coefficient (Wildman–Crippen LogP) is 4.00. The van der Waals surface area contributed by atoms with Crippen molar-refractivity contribution in [3.63, 3.8) is 0 Å². The lowest BCUT2D eigenvalue weighted by molar-refractivity contribution is 0.0997. The standard InChI is InChI=1S/C10H4Cl3F2NO/c11-10(12,13)9(17)5-3-16-7-2-4(14)1-6(15)8(5)7/h1-3,16H. The molecular formula is C10H4Cl3F2NO. The zero-order chi connectivity index (χ0) is 12.8. The number of carbonyl (C=O) groups excluding carboxylic acids is 1. The van der Waals surface area contributed by atoms with Crippen LogP contribution in [0.4, 0.5) is 8.78 Å². The highest BCUT2D eigenvalue weighted by Crippen LogP contribution is 2.34. The van der Waals surface area contributed by atoms with Gasteiger partial charge in [0.1, 0.15) is 11.6 Å². The maximum atomic E-state index is 13.5. The third-order valence-corrected chi connectivity index (χ3v) is 2.71. The molecule has 1 heterocycles. The molecule has 0 amide bonds. The lowest BCUT2D eigenvalue weighted by Gasteiger charge is -2.08. The van der Waals surface area contributed by atoms with Gasteiger partial charge in [0.25, 0.3) is 3.79 Å². The third kappa shape index (κ3) is 2.25. The molecule has 1 N–H and O–H groups in total. The summed E-state index contributed by atoms with van der Waals surface area (Å²) in [5.74, 6) is -2.53. The van der Waals surface area contributed by atoms with Crippen LogP contribution in [-0.2, 0) is 0 Å². The van der Waals surface area contributed by atoms with Crippen molar-refractivity contribution in [2.45, 2.75) is 3.79 Å². The molecule has 0 radical (unpaired) electrons. The molecule has 0 unspecified atom stereocenters. The maximum Gasteiger partial charge on any atom is 0.253 e. The molecule has 0 atom stereocenters. The minimum atomic E-state index is -2.18. The SMILES string of the molecule is O=C(c1c[nH]c2cc(F)cc(F)c12)C(Cl)(Cl)Cl. The summed E-state index contributed by atoms with van der Waals surface area (Å²) in [7, 11) is 0. The van der Waals surface area contributed by atoms with Crippen molar-refractivity contribution in [3.8, 4) is 0 Å². The summed E-state index contributed by atoms with van der Waals surface area (Å²) < 4.78 is 24.3. The fourth-order valence-corrected chi connectivity index (χ4v) is 1.82. The van der Waals surface area contributed by atoms with Crippen molar-refractivity contribution in [1.82, 2.24) is 4.98 Å². The second kappa shape index (κ2) is 4.12. The molecule has 0 fully saturated rings. The smallest absolute Gasteiger partial charge is 0.253 e. The van der Waals surface area contributed by atoms with E-state index in [1.807, 2.05) is 0 Å². The average molecular weight is 299 g/mol. The van der Waals surface area contributed by atoms with E-state index in [9.17, 15) is 13.6 Å². The summed E-state index contributed by atoms with van der Waals surface area (Å²) in [6.45, 7) is 0. The van der Waals surface area contributed by atoms with E-state index in [4.69, 9.17) is 34.8 Å². The molecule has 0 aliphatic rings. The van der Waals surface area contributed by atoms with Gasteiger partial charge in [-0.2, -0.15) is 0 Å². The molecule has 1 aromatic carbocycles. The number of alkyl halides is 3. The number of Topliss-reactive ketones (excluding diaryl/α,β-unsaturated/α-hetero) is 1. The van der Waals surface area contributed by atoms with Crippen LogP contribution in [0, 0.1) is 11.6 Å². The molecular weight excluding hydrogens is 294 g/mol. The molecule has 0 saturated heterocycles. The van der Waals surface area contributed by atoms with Gasteiger partial charge in [0.15, 0.2) is 0 Å². The molecule has 17 heavy (non-hydrogen) atoms. The molecule has 2 aromatic rings. The van der Waals surface area contributed by atoms with E-state index in [0.29, 0.717) is 6.07 Å². The number of benzene rings is 1. The highest BCUT2D eigenvalue weighted by molar-refractivity contribution is 6.77. The van der Waals surface area contributed by atoms with Crippen LogP contribution in [0.3, 0.4) is 0 Å². The normalized spacial score (nSPS) is 12.1. The Hall–Kier alpha value is -0.840. The van der Waals surface area contributed by atoms with Crippen molar-refractivity contribution in [2.24, 2.45) is 0 Å². The third-order valence-electron chi connectivity index (χ3n) is 2.20. The first kappa shape index (κ1) is 12.6. The van der Waals surface area contributed by atoms with Gasteiger partial charge in [-0.1, -0.05) is 34.8 Å². The summed E-state index contributed by atoms with van der Waals surface area (Å²) in [4.78, 5) is 14.2. The van der Waals surface area contributed by atoms with Crippen molar-refractivity contribution in [3.05, 3.63) is 35.5 Å². The predicted molar refractivity (Wildman–Crippen MR) is 62.8 cm³/mol. The van der Waals surface area contributed by atoms with Crippen LogP contribution in [0.5, 0.6) is 0 Å². The van der Waals surface area contributed by atoms with E-state index in [-0.39, 0.29) is 16.5 Å². The van der Waals surface area contributed by atoms with Crippen LogP contribution in [0.2, 0.25) is 0 Å². The number of ketones is 1. The van der Waals surface area contributed by atoms with Crippen LogP contribution < -0.4 is 0 Å². The Morgan fingerprint density at radius 1 is 1.24 bits per heavy atom. The van der Waals surface area contributed by atoms with Gasteiger partial charge >= 0.3 is 0 Å². The van der Waals surface area contributed by atoms with E-state index in [2.05, 4.69) is 4.98 Å². The van der Waals surface area contributed by atoms with Crippen LogP contribution in [-0.4, -0.2) is 14.6 Å². The zero-order valence-electron chi connectivity index (χ0n) is 8.03. The molecule has 0 spiro atoms. The molecule has 7 heteroatoms. The molecule has 2 nitrogen and oxygen atoms in total. The van der Waals surface area contributed by atoms with Gasteiger partial charge in [0, 0.05) is 17.6 Å². The van der Waals surface area contributed by atoms with Crippen molar-refractivity contribution < 1.29 is 13.6 Å². The first-order valence-corrected chi connectivity index (χ1v) is 5.51. The van der Waals surface area contributed by atoms with Crippen molar-refractivity contribution >= 4 is 51.5 Å². The number of hydrogen-bond donors (Lipinski definition) is 1. The topological polar surface area (TPSA) is 32.9 Å². The zero-order valence-corrected chi connectivity index (χ0v) is 10.3. The largest absolute Gasteiger partial charge is 0.360 e. The van der Waals surface area contributed by atoms with Gasteiger partial charge in [-0.15, -0.1) is 0 Å². The Labute approximate surface area is 109 Å². The molecule has 0 bridgehead atoms. The minimum absolute atomic E-state index is 0.0947.